The molecule has 0 spiro atoms. The van der Waals surface area contributed by atoms with Gasteiger partial charge in [-0.05, 0) is 32.1 Å². The first kappa shape index (κ1) is 16.3. The second kappa shape index (κ2) is 7.12. The van der Waals surface area contributed by atoms with Crippen molar-refractivity contribution in [2.45, 2.75) is 70.1 Å². The molecule has 19 heavy (non-hydrogen) atoms. The monoisotopic (exact) mass is 280 g/mol. The van der Waals surface area contributed by atoms with Crippen LogP contribution in [-0.2, 0) is 4.79 Å². The van der Waals surface area contributed by atoms with Crippen LogP contribution in [0.5, 0.6) is 0 Å². The molecule has 0 atom stereocenters. The highest BCUT2D eigenvalue weighted by Crippen LogP contribution is 2.26. The highest BCUT2D eigenvalue weighted by atomic mass is 19.4. The Morgan fingerprint density at radius 2 is 1.84 bits per heavy atom. The number of rotatable bonds is 5. The Labute approximate surface area is 112 Å². The number of carbonyl (C=O) groups is 1. The van der Waals surface area contributed by atoms with Gasteiger partial charge in [0.05, 0.1) is 6.42 Å². The molecule has 0 aromatic carbocycles. The fraction of sp³-hybridized carbons (Fsp3) is 0.923. The van der Waals surface area contributed by atoms with Crippen molar-refractivity contribution >= 4 is 5.91 Å². The molecule has 0 unspecified atom stereocenters. The molecule has 1 amide bonds. The molecular formula is C13H23F3N2O. The summed E-state index contributed by atoms with van der Waals surface area (Å²) in [7, 11) is 0. The average molecular weight is 280 g/mol. The van der Waals surface area contributed by atoms with Crippen molar-refractivity contribution in [1.29, 1.82) is 0 Å². The van der Waals surface area contributed by atoms with Crippen molar-refractivity contribution in [1.82, 2.24) is 4.90 Å². The van der Waals surface area contributed by atoms with Gasteiger partial charge in [-0.25, -0.2) is 0 Å². The van der Waals surface area contributed by atoms with Crippen LogP contribution in [0.4, 0.5) is 13.2 Å². The van der Waals surface area contributed by atoms with Gasteiger partial charge in [0.25, 0.3) is 0 Å². The lowest BCUT2D eigenvalue weighted by molar-refractivity contribution is -0.150. The number of carbonyl (C=O) groups excluding carboxylic acids is 1. The molecule has 6 heteroatoms. The molecule has 0 heterocycles. The Balaban J connectivity index is 2.53. The number of nitrogens with two attached hydrogens (primary N) is 1. The van der Waals surface area contributed by atoms with E-state index in [9.17, 15) is 18.0 Å². The maximum atomic E-state index is 12.2. The van der Waals surface area contributed by atoms with E-state index in [0.29, 0.717) is 6.54 Å². The van der Waals surface area contributed by atoms with Gasteiger partial charge in [0, 0.05) is 25.0 Å². The van der Waals surface area contributed by atoms with E-state index >= 15 is 0 Å². The van der Waals surface area contributed by atoms with Crippen LogP contribution in [-0.4, -0.2) is 35.6 Å². The maximum Gasteiger partial charge on any atom is 0.389 e. The van der Waals surface area contributed by atoms with Gasteiger partial charge < -0.3 is 10.6 Å². The van der Waals surface area contributed by atoms with Gasteiger partial charge in [-0.2, -0.15) is 13.2 Å². The zero-order chi connectivity index (χ0) is 14.5. The molecule has 0 aromatic heterocycles. The fourth-order valence-corrected chi connectivity index (χ4v) is 2.56. The number of amides is 1. The highest BCUT2D eigenvalue weighted by molar-refractivity contribution is 5.76. The van der Waals surface area contributed by atoms with E-state index in [1.165, 1.54) is 0 Å². The lowest BCUT2D eigenvalue weighted by atomic mass is 9.90. The van der Waals surface area contributed by atoms with Crippen molar-refractivity contribution < 1.29 is 18.0 Å². The van der Waals surface area contributed by atoms with Crippen molar-refractivity contribution in [3.05, 3.63) is 0 Å². The number of nitrogens with zero attached hydrogens (tertiary/aromatic N) is 1. The van der Waals surface area contributed by atoms with E-state index in [1.54, 1.807) is 4.90 Å². The fourth-order valence-electron chi connectivity index (χ4n) is 2.56. The predicted molar refractivity (Wildman–Crippen MR) is 67.5 cm³/mol. The Morgan fingerprint density at radius 1 is 1.26 bits per heavy atom. The van der Waals surface area contributed by atoms with Gasteiger partial charge in [-0.1, -0.05) is 6.92 Å². The third kappa shape index (κ3) is 5.80. The topological polar surface area (TPSA) is 46.3 Å². The lowest BCUT2D eigenvalue weighted by Crippen LogP contribution is -2.44. The predicted octanol–water partition coefficient (Wildman–Crippen LogP) is 2.84. The third-order valence-corrected chi connectivity index (χ3v) is 3.59. The standard InChI is InChI=1S/C13H23F3N2O/c1-2-9-18(11-5-3-10(17)4-6-11)12(19)7-8-13(14,15)16/h10-11H,2-9,17H2,1H3. The van der Waals surface area contributed by atoms with E-state index in [-0.39, 0.29) is 18.0 Å². The second-order valence-corrected chi connectivity index (χ2v) is 5.27. The molecule has 1 aliphatic carbocycles. The molecule has 0 bridgehead atoms. The van der Waals surface area contributed by atoms with Gasteiger partial charge in [0.2, 0.25) is 5.91 Å². The molecule has 112 valence electrons. The minimum Gasteiger partial charge on any atom is -0.340 e. The Hall–Kier alpha value is -0.780. The number of halogens is 3. The maximum absolute atomic E-state index is 12.2. The molecule has 1 saturated carbocycles. The zero-order valence-corrected chi connectivity index (χ0v) is 11.4. The summed E-state index contributed by atoms with van der Waals surface area (Å²) in [4.78, 5) is 13.6. The van der Waals surface area contributed by atoms with Crippen molar-refractivity contribution in [2.24, 2.45) is 5.73 Å². The van der Waals surface area contributed by atoms with Gasteiger partial charge in [-0.15, -0.1) is 0 Å². The van der Waals surface area contributed by atoms with E-state index in [4.69, 9.17) is 5.73 Å². The van der Waals surface area contributed by atoms with E-state index in [1.807, 2.05) is 6.92 Å². The Bertz CT molecular complexity index is 286. The molecule has 3 nitrogen and oxygen atoms in total. The second-order valence-electron chi connectivity index (χ2n) is 5.27. The van der Waals surface area contributed by atoms with E-state index < -0.39 is 19.0 Å². The molecule has 1 aliphatic rings. The van der Waals surface area contributed by atoms with Crippen LogP contribution >= 0.6 is 0 Å². The summed E-state index contributed by atoms with van der Waals surface area (Å²) in [6.45, 7) is 2.47. The molecule has 0 radical (unpaired) electrons. The Morgan fingerprint density at radius 3 is 2.32 bits per heavy atom. The zero-order valence-electron chi connectivity index (χ0n) is 11.4. The smallest absolute Gasteiger partial charge is 0.340 e. The van der Waals surface area contributed by atoms with Crippen molar-refractivity contribution in [2.75, 3.05) is 6.54 Å². The minimum atomic E-state index is -4.26. The first-order valence-electron chi connectivity index (χ1n) is 6.95. The van der Waals surface area contributed by atoms with E-state index in [0.717, 1.165) is 32.1 Å². The molecular weight excluding hydrogens is 257 g/mol. The van der Waals surface area contributed by atoms with Gasteiger partial charge in [0.1, 0.15) is 0 Å². The summed E-state index contributed by atoms with van der Waals surface area (Å²) in [5.74, 6) is -0.375. The van der Waals surface area contributed by atoms with Crippen molar-refractivity contribution in [3.63, 3.8) is 0 Å². The summed E-state index contributed by atoms with van der Waals surface area (Å²) in [6.07, 6.45) is -1.67. The molecule has 2 N–H and O–H groups in total. The molecule has 0 aliphatic heterocycles. The Kier molecular flexibility index (Phi) is 6.10. The van der Waals surface area contributed by atoms with E-state index in [2.05, 4.69) is 0 Å². The molecule has 1 rings (SSSR count). The van der Waals surface area contributed by atoms with Gasteiger partial charge in [-0.3, -0.25) is 4.79 Å². The average Bonchev–Trinajstić information content (AvgIpc) is 2.33. The van der Waals surface area contributed by atoms with Crippen LogP contribution < -0.4 is 5.73 Å². The van der Waals surface area contributed by atoms with Crippen LogP contribution in [0.1, 0.15) is 51.9 Å². The lowest BCUT2D eigenvalue weighted by Gasteiger charge is -2.36. The first-order chi connectivity index (χ1) is 8.83. The summed E-state index contributed by atoms with van der Waals surface area (Å²) in [5, 5.41) is 0. The largest absolute Gasteiger partial charge is 0.389 e. The van der Waals surface area contributed by atoms with Crippen molar-refractivity contribution in [3.8, 4) is 0 Å². The number of alkyl halides is 3. The summed E-state index contributed by atoms with van der Waals surface area (Å²) in [6, 6.07) is 0.241. The molecule has 1 fully saturated rings. The highest BCUT2D eigenvalue weighted by Gasteiger charge is 2.31. The summed E-state index contributed by atoms with van der Waals surface area (Å²) >= 11 is 0. The molecule has 0 aromatic rings. The van der Waals surface area contributed by atoms with Crippen LogP contribution in [0.3, 0.4) is 0 Å². The van der Waals surface area contributed by atoms with Gasteiger partial charge in [0.15, 0.2) is 0 Å². The van der Waals surface area contributed by atoms with Crippen LogP contribution in [0.15, 0.2) is 0 Å². The van der Waals surface area contributed by atoms with Crippen LogP contribution in [0.25, 0.3) is 0 Å². The quantitative estimate of drug-likeness (QED) is 0.841. The minimum absolute atomic E-state index is 0.0699. The van der Waals surface area contributed by atoms with Crippen LogP contribution in [0, 0.1) is 0 Å². The number of hydrogen-bond donors (Lipinski definition) is 1. The first-order valence-corrected chi connectivity index (χ1v) is 6.95. The number of hydrogen-bond acceptors (Lipinski definition) is 2. The van der Waals surface area contributed by atoms with Crippen LogP contribution in [0.2, 0.25) is 0 Å². The summed E-state index contributed by atoms with van der Waals surface area (Å²) in [5.41, 5.74) is 5.81. The SMILES string of the molecule is CCCN(C(=O)CCC(F)(F)F)C1CCC(N)CC1. The summed E-state index contributed by atoms with van der Waals surface area (Å²) < 4.78 is 36.5. The third-order valence-electron chi connectivity index (χ3n) is 3.59. The van der Waals surface area contributed by atoms with Gasteiger partial charge >= 0.3 is 6.18 Å². The normalized spacial score (nSPS) is 24.3. The molecule has 0 saturated heterocycles.